The van der Waals surface area contributed by atoms with Gasteiger partial charge in [-0.05, 0) is 24.3 Å². The molecule has 1 aromatic heterocycles. The average Bonchev–Trinajstić information content (AvgIpc) is 2.98. The fourth-order valence-corrected chi connectivity index (χ4v) is 2.33. The molecule has 1 amide bonds. The number of nitrogens with one attached hydrogen (secondary N) is 1. The largest absolute Gasteiger partial charge is 0.440 e. The lowest BCUT2D eigenvalue weighted by Gasteiger charge is -2.04. The van der Waals surface area contributed by atoms with Crippen molar-refractivity contribution >= 4 is 45.8 Å². The number of para-hydroxylation sites is 2. The van der Waals surface area contributed by atoms with Crippen LogP contribution in [0.3, 0.4) is 0 Å². The normalized spacial score (nSPS) is 10.6. The standard InChI is InChI=1S/C16H10ClN3O5/c17-10-6-5-9(7-12(10)20(23)24)18-16(22)13(21)8-15-19-11-3-1-2-4-14(11)25-15/h1-7H,8H2,(H,18,22). The molecule has 1 N–H and O–H groups in total. The van der Waals surface area contributed by atoms with Gasteiger partial charge in [-0.3, -0.25) is 19.7 Å². The van der Waals surface area contributed by atoms with Crippen LogP contribution >= 0.6 is 11.6 Å². The summed E-state index contributed by atoms with van der Waals surface area (Å²) in [6.45, 7) is 0. The van der Waals surface area contributed by atoms with Crippen molar-refractivity contribution < 1.29 is 18.9 Å². The Kier molecular flexibility index (Phi) is 4.44. The predicted molar refractivity (Wildman–Crippen MR) is 89.5 cm³/mol. The zero-order valence-electron chi connectivity index (χ0n) is 12.6. The van der Waals surface area contributed by atoms with Gasteiger partial charge >= 0.3 is 0 Å². The quantitative estimate of drug-likeness (QED) is 0.425. The highest BCUT2D eigenvalue weighted by atomic mass is 35.5. The van der Waals surface area contributed by atoms with Crippen LogP contribution in [0.2, 0.25) is 5.02 Å². The predicted octanol–water partition coefficient (Wildman–Crippen LogP) is 3.14. The number of rotatable bonds is 5. The van der Waals surface area contributed by atoms with E-state index in [9.17, 15) is 19.7 Å². The number of fused-ring (bicyclic) bond motifs is 1. The molecule has 25 heavy (non-hydrogen) atoms. The van der Waals surface area contributed by atoms with E-state index in [0.29, 0.717) is 11.1 Å². The molecule has 0 spiro atoms. The van der Waals surface area contributed by atoms with Crippen molar-refractivity contribution in [3.63, 3.8) is 0 Å². The molecule has 0 saturated heterocycles. The SMILES string of the molecule is O=C(Cc1nc2ccccc2o1)C(=O)Nc1ccc(Cl)c([N+](=O)[O-])c1. The summed E-state index contributed by atoms with van der Waals surface area (Å²) in [5, 5.41) is 13.1. The summed E-state index contributed by atoms with van der Waals surface area (Å²) in [6, 6.07) is 10.7. The first kappa shape index (κ1) is 16.6. The van der Waals surface area contributed by atoms with Gasteiger partial charge in [0.05, 0.1) is 11.3 Å². The Morgan fingerprint density at radius 3 is 2.72 bits per heavy atom. The Morgan fingerprint density at radius 2 is 2.00 bits per heavy atom. The number of carbonyl (C=O) groups excluding carboxylic acids is 2. The molecular formula is C16H10ClN3O5. The van der Waals surface area contributed by atoms with Crippen molar-refractivity contribution in [2.45, 2.75) is 6.42 Å². The summed E-state index contributed by atoms with van der Waals surface area (Å²) in [6.07, 6.45) is -0.323. The number of aromatic nitrogens is 1. The number of amides is 1. The molecule has 0 saturated carbocycles. The highest BCUT2D eigenvalue weighted by Crippen LogP contribution is 2.27. The van der Waals surface area contributed by atoms with Gasteiger partial charge in [-0.2, -0.15) is 0 Å². The minimum absolute atomic E-state index is 0.0687. The molecule has 2 aromatic carbocycles. The van der Waals surface area contributed by atoms with E-state index in [4.69, 9.17) is 16.0 Å². The Labute approximate surface area is 145 Å². The topological polar surface area (TPSA) is 115 Å². The molecule has 0 radical (unpaired) electrons. The molecule has 1 heterocycles. The number of nitrogens with zero attached hydrogens (tertiary/aromatic N) is 2. The van der Waals surface area contributed by atoms with Gasteiger partial charge in [0.2, 0.25) is 11.7 Å². The van der Waals surface area contributed by atoms with E-state index >= 15 is 0 Å². The molecule has 0 unspecified atom stereocenters. The second kappa shape index (κ2) is 6.70. The summed E-state index contributed by atoms with van der Waals surface area (Å²) in [5.41, 5.74) is 0.816. The number of halogens is 1. The number of nitro benzene ring substituents is 1. The molecule has 3 aromatic rings. The second-order valence-electron chi connectivity index (χ2n) is 5.05. The van der Waals surface area contributed by atoms with Crippen LogP contribution in [0, 0.1) is 10.1 Å². The van der Waals surface area contributed by atoms with Gasteiger partial charge < -0.3 is 9.73 Å². The van der Waals surface area contributed by atoms with Gasteiger partial charge in [0.15, 0.2) is 5.58 Å². The van der Waals surface area contributed by atoms with Crippen LogP contribution in [0.1, 0.15) is 5.89 Å². The van der Waals surface area contributed by atoms with E-state index in [-0.39, 0.29) is 28.7 Å². The summed E-state index contributed by atoms with van der Waals surface area (Å²) in [5.74, 6) is -1.61. The van der Waals surface area contributed by atoms with Crippen molar-refractivity contribution in [3.05, 3.63) is 63.5 Å². The third kappa shape index (κ3) is 3.64. The van der Waals surface area contributed by atoms with Crippen LogP contribution in [0.25, 0.3) is 11.1 Å². The minimum atomic E-state index is -0.932. The maximum Gasteiger partial charge on any atom is 0.292 e. The Morgan fingerprint density at radius 1 is 1.24 bits per heavy atom. The Hall–Kier alpha value is -3.26. The van der Waals surface area contributed by atoms with E-state index in [2.05, 4.69) is 10.3 Å². The zero-order chi connectivity index (χ0) is 18.0. The smallest absolute Gasteiger partial charge is 0.292 e. The van der Waals surface area contributed by atoms with E-state index in [1.165, 1.54) is 12.1 Å². The van der Waals surface area contributed by atoms with E-state index in [0.717, 1.165) is 6.07 Å². The number of Topliss-reactive ketones (excluding diaryl/α,β-unsaturated/α-hetero) is 1. The third-order valence-corrected chi connectivity index (χ3v) is 3.62. The number of nitro groups is 1. The zero-order valence-corrected chi connectivity index (χ0v) is 13.3. The van der Waals surface area contributed by atoms with E-state index in [1.54, 1.807) is 24.3 Å². The molecule has 0 fully saturated rings. The molecule has 9 heteroatoms. The Bertz CT molecular complexity index is 965. The monoisotopic (exact) mass is 359 g/mol. The molecule has 0 bridgehead atoms. The van der Waals surface area contributed by atoms with Crippen LogP contribution in [0.15, 0.2) is 46.9 Å². The lowest BCUT2D eigenvalue weighted by atomic mass is 10.2. The maximum atomic E-state index is 12.0. The fraction of sp³-hybridized carbons (Fsp3) is 0.0625. The van der Waals surface area contributed by atoms with Gasteiger partial charge in [0, 0.05) is 11.8 Å². The lowest BCUT2D eigenvalue weighted by Crippen LogP contribution is -2.24. The molecule has 0 aliphatic carbocycles. The minimum Gasteiger partial charge on any atom is -0.440 e. The highest BCUT2D eigenvalue weighted by molar-refractivity contribution is 6.41. The molecule has 3 rings (SSSR count). The van der Waals surface area contributed by atoms with Gasteiger partial charge in [0.25, 0.3) is 11.6 Å². The van der Waals surface area contributed by atoms with E-state index < -0.39 is 16.6 Å². The summed E-state index contributed by atoms with van der Waals surface area (Å²) in [4.78, 5) is 38.2. The van der Waals surface area contributed by atoms with Crippen LogP contribution in [-0.4, -0.2) is 21.6 Å². The maximum absolute atomic E-state index is 12.0. The third-order valence-electron chi connectivity index (χ3n) is 3.30. The van der Waals surface area contributed by atoms with Gasteiger partial charge in [-0.25, -0.2) is 4.98 Å². The molecule has 0 aliphatic heterocycles. The number of benzene rings is 2. The molecule has 126 valence electrons. The molecule has 8 nitrogen and oxygen atoms in total. The molecular weight excluding hydrogens is 350 g/mol. The average molecular weight is 360 g/mol. The van der Waals surface area contributed by atoms with E-state index in [1.807, 2.05) is 0 Å². The molecule has 0 aliphatic rings. The van der Waals surface area contributed by atoms with Crippen molar-refractivity contribution in [3.8, 4) is 0 Å². The van der Waals surface area contributed by atoms with Gasteiger partial charge in [-0.1, -0.05) is 23.7 Å². The summed E-state index contributed by atoms with van der Waals surface area (Å²) < 4.78 is 5.39. The number of hydrogen-bond acceptors (Lipinski definition) is 6. The van der Waals surface area contributed by atoms with Crippen LogP contribution in [0.5, 0.6) is 0 Å². The Balaban J connectivity index is 1.71. The lowest BCUT2D eigenvalue weighted by molar-refractivity contribution is -0.384. The van der Waals surface area contributed by atoms with Crippen molar-refractivity contribution in [2.24, 2.45) is 0 Å². The number of ketones is 1. The number of oxazole rings is 1. The van der Waals surface area contributed by atoms with Crippen LogP contribution in [0.4, 0.5) is 11.4 Å². The van der Waals surface area contributed by atoms with Gasteiger partial charge in [-0.15, -0.1) is 0 Å². The summed E-state index contributed by atoms with van der Waals surface area (Å²) in [7, 11) is 0. The first-order valence-electron chi connectivity index (χ1n) is 7.06. The number of carbonyl (C=O) groups is 2. The fourth-order valence-electron chi connectivity index (χ4n) is 2.14. The van der Waals surface area contributed by atoms with Crippen molar-refractivity contribution in [2.75, 3.05) is 5.32 Å². The van der Waals surface area contributed by atoms with Gasteiger partial charge in [0.1, 0.15) is 10.5 Å². The van der Waals surface area contributed by atoms with Crippen molar-refractivity contribution in [1.82, 2.24) is 4.98 Å². The van der Waals surface area contributed by atoms with Crippen LogP contribution < -0.4 is 5.32 Å². The van der Waals surface area contributed by atoms with Crippen molar-refractivity contribution in [1.29, 1.82) is 0 Å². The van der Waals surface area contributed by atoms with Crippen LogP contribution in [-0.2, 0) is 16.0 Å². The first-order valence-corrected chi connectivity index (χ1v) is 7.44. The highest BCUT2D eigenvalue weighted by Gasteiger charge is 2.20. The molecule has 0 atom stereocenters. The number of hydrogen-bond donors (Lipinski definition) is 1. The second-order valence-corrected chi connectivity index (χ2v) is 5.46. The first-order chi connectivity index (χ1) is 11.9. The summed E-state index contributed by atoms with van der Waals surface area (Å²) >= 11 is 5.69. The number of anilines is 1.